The van der Waals surface area contributed by atoms with Gasteiger partial charge in [0.15, 0.2) is 0 Å². The molecule has 0 N–H and O–H groups in total. The Morgan fingerprint density at radius 1 is 0.956 bits per heavy atom. The third kappa shape index (κ3) is 7.97. The fourth-order valence-corrected chi connectivity index (χ4v) is 6.87. The second-order valence-electron chi connectivity index (χ2n) is 12.1. The van der Waals surface area contributed by atoms with Crippen molar-refractivity contribution < 1.29 is 19.2 Å². The van der Waals surface area contributed by atoms with E-state index in [1.807, 2.05) is 48.3 Å². The van der Waals surface area contributed by atoms with E-state index in [1.165, 1.54) is 17.7 Å². The molecule has 0 spiro atoms. The number of nitro groups is 1. The Bertz CT molecular complexity index is 1440. The van der Waals surface area contributed by atoms with Gasteiger partial charge < -0.3 is 19.4 Å². The summed E-state index contributed by atoms with van der Waals surface area (Å²) in [5, 5.41) is 10.9. The molecule has 3 atom stereocenters. The number of hydrogen-bond acceptors (Lipinski definition) is 6. The van der Waals surface area contributed by atoms with Crippen LogP contribution in [0, 0.1) is 16.0 Å². The van der Waals surface area contributed by atoms with Gasteiger partial charge in [0.25, 0.3) is 11.6 Å². The minimum absolute atomic E-state index is 0.000951. The van der Waals surface area contributed by atoms with Crippen LogP contribution >= 0.6 is 0 Å². The maximum absolute atomic E-state index is 13.3. The summed E-state index contributed by atoms with van der Waals surface area (Å²) in [6, 6.07) is 26.4. The maximum Gasteiger partial charge on any atom is 0.410 e. The van der Waals surface area contributed by atoms with E-state index in [0.717, 1.165) is 50.9 Å². The number of ether oxygens (including phenoxy) is 1. The smallest absolute Gasteiger partial charge is 0.410 e. The number of hydrogen-bond donors (Lipinski definition) is 0. The zero-order chi connectivity index (χ0) is 31.8. The first-order chi connectivity index (χ1) is 21.8. The van der Waals surface area contributed by atoms with Gasteiger partial charge in [-0.15, -0.1) is 6.58 Å². The Kier molecular flexibility index (Phi) is 10.6. The van der Waals surface area contributed by atoms with Crippen LogP contribution in [0.15, 0.2) is 97.6 Å². The standard InChI is InChI=1S/C36H42N4O5/c1-3-20-39(36(42)45-26-27-14-16-32(17-15-27)40(43)44)31-18-21-38(22-19-31)25-30-23-33(24-34(30)28-10-6-4-7-11-28)37(2)35(41)29-12-8-5-9-13-29/h3-17,30-31,33-34H,1,18-26H2,2H3/t30-,33+,34-/m1/s1. The summed E-state index contributed by atoms with van der Waals surface area (Å²) in [7, 11) is 1.94. The first kappa shape index (κ1) is 31.9. The molecular weight excluding hydrogens is 568 g/mol. The largest absolute Gasteiger partial charge is 0.445 e. The molecule has 1 saturated heterocycles. The Balaban J connectivity index is 1.18. The van der Waals surface area contributed by atoms with Crippen molar-refractivity contribution in [2.45, 2.75) is 50.3 Å². The second kappa shape index (κ2) is 15.0. The molecule has 3 aromatic carbocycles. The summed E-state index contributed by atoms with van der Waals surface area (Å²) < 4.78 is 5.60. The van der Waals surface area contributed by atoms with Crippen LogP contribution in [0.4, 0.5) is 10.5 Å². The van der Waals surface area contributed by atoms with E-state index in [9.17, 15) is 19.7 Å². The van der Waals surface area contributed by atoms with Crippen molar-refractivity contribution in [2.24, 2.45) is 5.92 Å². The summed E-state index contributed by atoms with van der Waals surface area (Å²) >= 11 is 0. The molecule has 0 unspecified atom stereocenters. The summed E-state index contributed by atoms with van der Waals surface area (Å²) in [6.45, 7) is 6.98. The first-order valence-corrected chi connectivity index (χ1v) is 15.7. The van der Waals surface area contributed by atoms with Gasteiger partial charge in [-0.3, -0.25) is 14.9 Å². The zero-order valence-corrected chi connectivity index (χ0v) is 25.9. The van der Waals surface area contributed by atoms with E-state index in [1.54, 1.807) is 23.1 Å². The summed E-state index contributed by atoms with van der Waals surface area (Å²) in [6.07, 6.45) is 4.87. The van der Waals surface area contributed by atoms with Gasteiger partial charge in [0, 0.05) is 63.0 Å². The molecule has 1 saturated carbocycles. The number of non-ortho nitro benzene ring substituents is 1. The van der Waals surface area contributed by atoms with Gasteiger partial charge in [0.05, 0.1) is 4.92 Å². The Morgan fingerprint density at radius 2 is 1.60 bits per heavy atom. The van der Waals surface area contributed by atoms with Crippen molar-refractivity contribution in [2.75, 3.05) is 33.2 Å². The van der Waals surface area contributed by atoms with Crippen LogP contribution in [-0.4, -0.2) is 76.9 Å². The van der Waals surface area contributed by atoms with E-state index in [0.29, 0.717) is 23.9 Å². The van der Waals surface area contributed by atoms with Crippen molar-refractivity contribution in [3.8, 4) is 0 Å². The van der Waals surface area contributed by atoms with Crippen LogP contribution in [0.2, 0.25) is 0 Å². The third-order valence-corrected chi connectivity index (χ3v) is 9.35. The molecule has 45 heavy (non-hydrogen) atoms. The van der Waals surface area contributed by atoms with Crippen LogP contribution in [-0.2, 0) is 11.3 Å². The number of carbonyl (C=O) groups excluding carboxylic acids is 2. The molecular formula is C36H42N4O5. The molecule has 9 heteroatoms. The van der Waals surface area contributed by atoms with Crippen molar-refractivity contribution in [3.63, 3.8) is 0 Å². The molecule has 0 aromatic heterocycles. The number of benzene rings is 3. The highest BCUT2D eigenvalue weighted by atomic mass is 16.6. The van der Waals surface area contributed by atoms with Crippen molar-refractivity contribution in [3.05, 3.63) is 124 Å². The second-order valence-corrected chi connectivity index (χ2v) is 12.1. The van der Waals surface area contributed by atoms with Crippen LogP contribution in [0.5, 0.6) is 0 Å². The lowest BCUT2D eigenvalue weighted by atomic mass is 9.88. The number of nitro benzene ring substituents is 1. The fourth-order valence-electron chi connectivity index (χ4n) is 6.87. The molecule has 236 valence electrons. The van der Waals surface area contributed by atoms with E-state index >= 15 is 0 Å². The number of nitrogens with zero attached hydrogens (tertiary/aromatic N) is 4. The number of carbonyl (C=O) groups is 2. The molecule has 5 rings (SSSR count). The van der Waals surface area contributed by atoms with Crippen LogP contribution < -0.4 is 0 Å². The van der Waals surface area contributed by atoms with E-state index in [-0.39, 0.29) is 30.3 Å². The van der Waals surface area contributed by atoms with Gasteiger partial charge in [-0.1, -0.05) is 54.6 Å². The quantitative estimate of drug-likeness (QED) is 0.139. The number of rotatable bonds is 11. The van der Waals surface area contributed by atoms with Crippen molar-refractivity contribution in [1.29, 1.82) is 0 Å². The number of amides is 2. The molecule has 2 aliphatic rings. The molecule has 1 aliphatic heterocycles. The monoisotopic (exact) mass is 610 g/mol. The predicted molar refractivity (Wildman–Crippen MR) is 174 cm³/mol. The van der Waals surface area contributed by atoms with Crippen molar-refractivity contribution >= 4 is 17.7 Å². The van der Waals surface area contributed by atoms with Gasteiger partial charge in [0.1, 0.15) is 6.61 Å². The normalized spacial score (nSPS) is 20.3. The topological polar surface area (TPSA) is 96.2 Å². The lowest BCUT2D eigenvalue weighted by molar-refractivity contribution is -0.384. The highest BCUT2D eigenvalue weighted by Crippen LogP contribution is 2.42. The maximum atomic E-state index is 13.3. The zero-order valence-electron chi connectivity index (χ0n) is 25.9. The van der Waals surface area contributed by atoms with E-state index in [4.69, 9.17) is 4.74 Å². The van der Waals surface area contributed by atoms with Gasteiger partial charge in [0.2, 0.25) is 0 Å². The Morgan fingerprint density at radius 3 is 2.22 bits per heavy atom. The molecule has 2 amide bonds. The molecule has 0 radical (unpaired) electrons. The van der Waals surface area contributed by atoms with Crippen LogP contribution in [0.3, 0.4) is 0 Å². The average molecular weight is 611 g/mol. The molecule has 9 nitrogen and oxygen atoms in total. The van der Waals surface area contributed by atoms with Crippen LogP contribution in [0.25, 0.3) is 0 Å². The van der Waals surface area contributed by atoms with Crippen LogP contribution in [0.1, 0.15) is 53.1 Å². The lowest BCUT2D eigenvalue weighted by Gasteiger charge is -2.39. The number of likely N-dealkylation sites (tertiary alicyclic amines) is 1. The Hall–Kier alpha value is -4.50. The SMILES string of the molecule is C=CCN(C(=O)OCc1ccc([N+](=O)[O-])cc1)C1CCN(C[C@H]2C[C@H](N(C)C(=O)c3ccccc3)C[C@@H]2c2ccccc2)CC1. The highest BCUT2D eigenvalue weighted by molar-refractivity contribution is 5.94. The van der Waals surface area contributed by atoms with Crippen molar-refractivity contribution in [1.82, 2.24) is 14.7 Å². The fraction of sp³-hybridized carbons (Fsp3) is 0.389. The summed E-state index contributed by atoms with van der Waals surface area (Å²) in [5.41, 5.74) is 2.74. The molecule has 0 bridgehead atoms. The molecule has 3 aromatic rings. The minimum atomic E-state index is -0.452. The minimum Gasteiger partial charge on any atom is -0.445 e. The highest BCUT2D eigenvalue weighted by Gasteiger charge is 2.40. The average Bonchev–Trinajstić information content (AvgIpc) is 3.50. The third-order valence-electron chi connectivity index (χ3n) is 9.35. The molecule has 1 heterocycles. The number of piperidine rings is 1. The molecule has 1 aliphatic carbocycles. The predicted octanol–water partition coefficient (Wildman–Crippen LogP) is 6.52. The van der Waals surface area contributed by atoms with Gasteiger partial charge >= 0.3 is 6.09 Å². The molecule has 2 fully saturated rings. The van der Waals surface area contributed by atoms with Gasteiger partial charge in [-0.2, -0.15) is 0 Å². The van der Waals surface area contributed by atoms with Gasteiger partial charge in [-0.05, 0) is 72.9 Å². The van der Waals surface area contributed by atoms with E-state index in [2.05, 4.69) is 35.7 Å². The Labute approximate surface area is 265 Å². The first-order valence-electron chi connectivity index (χ1n) is 15.7. The summed E-state index contributed by atoms with van der Waals surface area (Å²) in [5.74, 6) is 0.846. The lowest BCUT2D eigenvalue weighted by Crippen LogP contribution is -2.48. The van der Waals surface area contributed by atoms with Gasteiger partial charge in [-0.25, -0.2) is 4.79 Å². The van der Waals surface area contributed by atoms with E-state index < -0.39 is 11.0 Å². The summed E-state index contributed by atoms with van der Waals surface area (Å²) in [4.78, 5) is 43.0.